The average molecular weight is 497 g/mol. The molecule has 36 heavy (non-hydrogen) atoms. The Bertz CT molecular complexity index is 697. The highest BCUT2D eigenvalue weighted by Crippen LogP contribution is 2.51. The molecule has 208 valence electrons. The maximum Gasteiger partial charge on any atom is -0.0248 e. The first kappa shape index (κ1) is 36.6. The summed E-state index contributed by atoms with van der Waals surface area (Å²) in [5, 5.41) is 0. The van der Waals surface area contributed by atoms with Crippen LogP contribution < -0.4 is 0 Å². The Balaban J connectivity index is 0. The first-order valence-corrected chi connectivity index (χ1v) is 14.5. The molecule has 0 nitrogen and oxygen atoms in total. The normalized spacial score (nSPS) is 26.2. The average Bonchev–Trinajstić information content (AvgIpc) is 3.46. The number of rotatable bonds is 1. The number of aryl methyl sites for hydroxylation is 1. The van der Waals surface area contributed by atoms with E-state index in [4.69, 9.17) is 0 Å². The molecule has 6 unspecified atom stereocenters. The number of hydrogen-bond acceptors (Lipinski definition) is 0. The lowest BCUT2D eigenvalue weighted by atomic mass is 9.78. The Kier molecular flexibility index (Phi) is 20.8. The van der Waals surface area contributed by atoms with Crippen LogP contribution in [0, 0.1) is 42.4 Å². The molecular formula is C36H64. The van der Waals surface area contributed by atoms with E-state index in [0.29, 0.717) is 0 Å². The summed E-state index contributed by atoms with van der Waals surface area (Å²) in [6.07, 6.45) is 9.82. The maximum absolute atomic E-state index is 2.44. The van der Waals surface area contributed by atoms with Gasteiger partial charge in [-0.1, -0.05) is 143 Å². The van der Waals surface area contributed by atoms with Gasteiger partial charge < -0.3 is 0 Å². The van der Waals surface area contributed by atoms with Gasteiger partial charge in [0.2, 0.25) is 0 Å². The number of fused-ring (bicyclic) bond motifs is 3. The van der Waals surface area contributed by atoms with E-state index in [9.17, 15) is 0 Å². The fourth-order valence-electron chi connectivity index (χ4n) is 5.45. The van der Waals surface area contributed by atoms with Crippen LogP contribution in [0.25, 0.3) is 0 Å². The number of unbranched alkanes of at least 4 members (excludes halogenated alkanes) is 1. The van der Waals surface area contributed by atoms with Crippen molar-refractivity contribution in [1.29, 1.82) is 0 Å². The molecule has 2 saturated carbocycles. The van der Waals surface area contributed by atoms with Gasteiger partial charge >= 0.3 is 0 Å². The Morgan fingerprint density at radius 3 is 1.22 bits per heavy atom. The van der Waals surface area contributed by atoms with Gasteiger partial charge in [0.1, 0.15) is 0 Å². The molecule has 0 spiro atoms. The van der Waals surface area contributed by atoms with Crippen LogP contribution in [0.3, 0.4) is 0 Å². The predicted molar refractivity (Wildman–Crippen MR) is 168 cm³/mol. The van der Waals surface area contributed by atoms with Gasteiger partial charge in [0.25, 0.3) is 0 Å². The minimum absolute atomic E-state index is 0. The van der Waals surface area contributed by atoms with Gasteiger partial charge in [-0.3, -0.25) is 0 Å². The minimum atomic E-state index is 0. The van der Waals surface area contributed by atoms with E-state index in [1.807, 2.05) is 32.0 Å². The Hall–Kier alpha value is -1.56. The van der Waals surface area contributed by atoms with E-state index in [-0.39, 0.29) is 14.9 Å². The molecule has 0 radical (unpaired) electrons. The second kappa shape index (κ2) is 20.5. The van der Waals surface area contributed by atoms with E-state index < -0.39 is 0 Å². The summed E-state index contributed by atoms with van der Waals surface area (Å²) in [4.78, 5) is 0. The van der Waals surface area contributed by atoms with E-state index in [2.05, 4.69) is 84.9 Å². The zero-order chi connectivity index (χ0) is 25.5. The van der Waals surface area contributed by atoms with E-state index >= 15 is 0 Å². The highest BCUT2D eigenvalue weighted by molar-refractivity contribution is 5.30. The van der Waals surface area contributed by atoms with Gasteiger partial charge in [-0.25, -0.2) is 0 Å². The minimum Gasteiger partial charge on any atom is -0.0776 e. The van der Waals surface area contributed by atoms with Crippen molar-refractivity contribution in [3.63, 3.8) is 0 Å². The van der Waals surface area contributed by atoms with Crippen molar-refractivity contribution < 1.29 is 0 Å². The summed E-state index contributed by atoms with van der Waals surface area (Å²) in [7, 11) is 0. The van der Waals surface area contributed by atoms with Crippen LogP contribution in [-0.4, -0.2) is 0 Å². The van der Waals surface area contributed by atoms with Crippen LogP contribution in [0.2, 0.25) is 0 Å². The first-order valence-electron chi connectivity index (χ1n) is 14.5. The van der Waals surface area contributed by atoms with Crippen molar-refractivity contribution in [2.75, 3.05) is 0 Å². The summed E-state index contributed by atoms with van der Waals surface area (Å²) in [5.74, 6) is 6.04. The van der Waals surface area contributed by atoms with Gasteiger partial charge in [0, 0.05) is 0 Å². The lowest BCUT2D eigenvalue weighted by molar-refractivity contribution is 0.259. The number of hydrogen-bond donors (Lipinski definition) is 0. The lowest BCUT2D eigenvalue weighted by Crippen LogP contribution is -2.20. The van der Waals surface area contributed by atoms with Crippen molar-refractivity contribution >= 4 is 0 Å². The Morgan fingerprint density at radius 2 is 0.972 bits per heavy atom. The van der Waals surface area contributed by atoms with Crippen molar-refractivity contribution in [3.8, 4) is 0 Å². The summed E-state index contributed by atoms with van der Waals surface area (Å²) in [6.45, 7) is 20.0. The van der Waals surface area contributed by atoms with Crippen LogP contribution in [0.1, 0.15) is 119 Å². The topological polar surface area (TPSA) is 0 Å². The van der Waals surface area contributed by atoms with Crippen molar-refractivity contribution in [2.24, 2.45) is 35.5 Å². The molecule has 0 saturated heterocycles. The largest absolute Gasteiger partial charge is 0.0776 e. The smallest absolute Gasteiger partial charge is 0.0248 e. The van der Waals surface area contributed by atoms with Crippen LogP contribution in [0.15, 0.2) is 54.6 Å². The molecule has 0 amide bonds. The van der Waals surface area contributed by atoms with Crippen molar-refractivity contribution in [1.82, 2.24) is 0 Å². The van der Waals surface area contributed by atoms with Crippen molar-refractivity contribution in [3.05, 3.63) is 71.3 Å². The molecule has 0 heteroatoms. The van der Waals surface area contributed by atoms with Gasteiger partial charge in [-0.15, -0.1) is 0 Å². The van der Waals surface area contributed by atoms with Gasteiger partial charge in [-0.2, -0.15) is 0 Å². The summed E-state index contributed by atoms with van der Waals surface area (Å²) >= 11 is 0. The maximum atomic E-state index is 2.44. The van der Waals surface area contributed by atoms with Crippen LogP contribution >= 0.6 is 0 Å². The third-order valence-corrected chi connectivity index (χ3v) is 8.44. The molecule has 2 aromatic carbocycles. The molecule has 3 aliphatic rings. The molecule has 0 aliphatic heterocycles. The number of benzene rings is 2. The van der Waals surface area contributed by atoms with Crippen LogP contribution in [0.5, 0.6) is 0 Å². The molecule has 2 fully saturated rings. The lowest BCUT2D eigenvalue weighted by Gasteiger charge is -2.27. The summed E-state index contributed by atoms with van der Waals surface area (Å²) in [6, 6.07) is 19.1. The zero-order valence-corrected chi connectivity index (χ0v) is 24.1. The van der Waals surface area contributed by atoms with Gasteiger partial charge in [-0.05, 0) is 85.7 Å². The fourth-order valence-corrected chi connectivity index (χ4v) is 5.45. The molecule has 0 N–H and O–H groups in total. The molecular weight excluding hydrogens is 432 g/mol. The van der Waals surface area contributed by atoms with Gasteiger partial charge in [0.05, 0.1) is 0 Å². The Labute approximate surface area is 228 Å². The molecule has 6 atom stereocenters. The second-order valence-electron chi connectivity index (χ2n) is 10.8. The zero-order valence-electron chi connectivity index (χ0n) is 24.1. The third kappa shape index (κ3) is 12.1. The predicted octanol–water partition coefficient (Wildman–Crippen LogP) is 11.8. The SMILES string of the molecule is C.C.CC.CC1C2CCC(C2)C1C.CC1Cc2ccccc2CC1C.CCCC.Cc1ccccc1. The highest BCUT2D eigenvalue weighted by Gasteiger charge is 2.42. The quantitative estimate of drug-likeness (QED) is 0.368. The second-order valence-corrected chi connectivity index (χ2v) is 10.8. The fraction of sp³-hybridized carbons (Fsp3) is 0.667. The molecule has 2 aromatic rings. The van der Waals surface area contributed by atoms with E-state index in [1.165, 1.54) is 44.1 Å². The molecule has 5 rings (SSSR count). The molecule has 0 aromatic heterocycles. The summed E-state index contributed by atoms with van der Waals surface area (Å²) < 4.78 is 0. The molecule has 3 aliphatic carbocycles. The van der Waals surface area contributed by atoms with Crippen LogP contribution in [-0.2, 0) is 12.8 Å². The van der Waals surface area contributed by atoms with Gasteiger partial charge in [0.15, 0.2) is 0 Å². The third-order valence-electron chi connectivity index (χ3n) is 8.44. The standard InChI is InChI=1S/C12H16.C9H16.C7H8.C4H10.C2H6.2CH4/c1-9-7-11-5-3-4-6-12(11)8-10(9)2;1-6-7(2)9-4-3-8(6)5-9;1-7-5-3-2-4-6-7;1-3-4-2;1-2;;/h3-6,9-10H,7-8H2,1-2H3;6-9H,3-5H2,1-2H3;2-6H,1H3;3-4H2,1-2H3;1-2H3;2*1H4. The molecule has 0 heterocycles. The van der Waals surface area contributed by atoms with Crippen molar-refractivity contribution in [2.45, 2.75) is 122 Å². The highest BCUT2D eigenvalue weighted by atomic mass is 14.5. The Morgan fingerprint density at radius 1 is 0.611 bits per heavy atom. The van der Waals surface area contributed by atoms with E-state index in [0.717, 1.165) is 35.5 Å². The van der Waals surface area contributed by atoms with Crippen LogP contribution in [0.4, 0.5) is 0 Å². The molecule has 2 bridgehead atoms. The first-order chi connectivity index (χ1) is 16.4. The summed E-state index contributed by atoms with van der Waals surface area (Å²) in [5.41, 5.74) is 4.47. The monoisotopic (exact) mass is 497 g/mol. The van der Waals surface area contributed by atoms with E-state index in [1.54, 1.807) is 17.5 Å².